The van der Waals surface area contributed by atoms with Gasteiger partial charge >= 0.3 is 0 Å². The number of hydrogen-bond donors (Lipinski definition) is 1. The minimum absolute atomic E-state index is 0.225. The molecule has 0 bridgehead atoms. The minimum Gasteiger partial charge on any atom is -0.368 e. The Morgan fingerprint density at radius 1 is 1.08 bits per heavy atom. The lowest BCUT2D eigenvalue weighted by Crippen LogP contribution is -2.46. The molecule has 1 saturated heterocycles. The van der Waals surface area contributed by atoms with E-state index in [-0.39, 0.29) is 5.82 Å². The summed E-state index contributed by atoms with van der Waals surface area (Å²) in [6.07, 6.45) is 0. The molecule has 132 valence electrons. The number of thiophene rings is 1. The van der Waals surface area contributed by atoms with Gasteiger partial charge in [0.05, 0.1) is 21.2 Å². The highest BCUT2D eigenvalue weighted by Crippen LogP contribution is 2.36. The first-order valence-electron chi connectivity index (χ1n) is 8.27. The summed E-state index contributed by atoms with van der Waals surface area (Å²) in [5, 5.41) is 12.1. The predicted octanol–water partition coefficient (Wildman–Crippen LogP) is 4.73. The Balaban J connectivity index is 1.52. The van der Waals surface area contributed by atoms with Crippen molar-refractivity contribution in [1.29, 1.82) is 5.26 Å². The van der Waals surface area contributed by atoms with E-state index in [1.165, 1.54) is 12.1 Å². The van der Waals surface area contributed by atoms with E-state index >= 15 is 0 Å². The van der Waals surface area contributed by atoms with Crippen LogP contribution in [-0.2, 0) is 0 Å². The third-order valence-corrected chi connectivity index (χ3v) is 5.94. The Kier molecular flexibility index (Phi) is 4.58. The zero-order chi connectivity index (χ0) is 18.1. The van der Waals surface area contributed by atoms with E-state index in [1.54, 1.807) is 23.5 Å². The number of H-pyrrole nitrogens is 1. The van der Waals surface area contributed by atoms with Crippen LogP contribution in [0.1, 0.15) is 5.56 Å². The van der Waals surface area contributed by atoms with Crippen molar-refractivity contribution >= 4 is 34.4 Å². The number of benzene rings is 1. The first kappa shape index (κ1) is 17.0. The molecule has 1 aliphatic heterocycles. The van der Waals surface area contributed by atoms with Crippen molar-refractivity contribution < 1.29 is 4.39 Å². The molecule has 0 unspecified atom stereocenters. The second kappa shape index (κ2) is 7.02. The van der Waals surface area contributed by atoms with E-state index in [0.717, 1.165) is 48.3 Å². The van der Waals surface area contributed by atoms with Crippen LogP contribution >= 0.6 is 22.9 Å². The molecular formula is C19H16ClFN4S. The highest BCUT2D eigenvalue weighted by atomic mass is 35.5. The van der Waals surface area contributed by atoms with Crippen molar-refractivity contribution in [3.8, 4) is 16.6 Å². The molecule has 0 aliphatic carbocycles. The molecule has 1 aromatic carbocycles. The molecule has 0 spiro atoms. The highest BCUT2D eigenvalue weighted by Gasteiger charge is 2.22. The van der Waals surface area contributed by atoms with Gasteiger partial charge in [0.25, 0.3) is 0 Å². The van der Waals surface area contributed by atoms with Crippen molar-refractivity contribution in [2.45, 2.75) is 0 Å². The summed E-state index contributed by atoms with van der Waals surface area (Å²) < 4.78 is 13.1. The number of nitrogens with zero attached hydrogens (tertiary/aromatic N) is 3. The molecule has 1 fully saturated rings. The zero-order valence-electron chi connectivity index (χ0n) is 13.9. The Bertz CT molecular complexity index is 949. The van der Waals surface area contributed by atoms with Gasteiger partial charge in [-0.2, -0.15) is 5.26 Å². The molecule has 3 aromatic rings. The van der Waals surface area contributed by atoms with Crippen LogP contribution in [-0.4, -0.2) is 31.2 Å². The van der Waals surface area contributed by atoms with Gasteiger partial charge in [-0.05, 0) is 41.8 Å². The van der Waals surface area contributed by atoms with E-state index in [1.807, 2.05) is 17.5 Å². The fourth-order valence-electron chi connectivity index (χ4n) is 3.23. The molecule has 1 aliphatic rings. The van der Waals surface area contributed by atoms with Crippen LogP contribution in [0.2, 0.25) is 5.02 Å². The maximum absolute atomic E-state index is 13.1. The summed E-state index contributed by atoms with van der Waals surface area (Å²) in [4.78, 5) is 8.72. The average Bonchev–Trinajstić information content (AvgIpc) is 3.28. The molecule has 7 heteroatoms. The minimum atomic E-state index is -0.225. The monoisotopic (exact) mass is 386 g/mol. The van der Waals surface area contributed by atoms with Crippen LogP contribution in [0.4, 0.5) is 15.9 Å². The highest BCUT2D eigenvalue weighted by molar-refractivity contribution is 7.14. The SMILES string of the molecule is N#Cc1cc(-c2sccc2Cl)[nH]c1N1CCN(c2ccc(F)cc2)CC1. The summed E-state index contributed by atoms with van der Waals surface area (Å²) in [6.45, 7) is 3.18. The molecular weight excluding hydrogens is 371 g/mol. The first-order valence-corrected chi connectivity index (χ1v) is 9.53. The summed E-state index contributed by atoms with van der Waals surface area (Å²) in [5.74, 6) is 0.614. The molecule has 26 heavy (non-hydrogen) atoms. The molecule has 0 radical (unpaired) electrons. The normalized spacial score (nSPS) is 14.5. The third-order valence-electron chi connectivity index (χ3n) is 4.57. The lowest BCUT2D eigenvalue weighted by atomic mass is 10.2. The van der Waals surface area contributed by atoms with Crippen LogP contribution in [0, 0.1) is 17.1 Å². The van der Waals surface area contributed by atoms with Crippen molar-refractivity contribution in [2.75, 3.05) is 36.0 Å². The molecule has 0 atom stereocenters. The van der Waals surface area contributed by atoms with Crippen LogP contribution in [0.15, 0.2) is 41.8 Å². The Hall–Kier alpha value is -2.49. The summed E-state index contributed by atoms with van der Waals surface area (Å²) >= 11 is 7.77. The van der Waals surface area contributed by atoms with Crippen LogP contribution in [0.3, 0.4) is 0 Å². The van der Waals surface area contributed by atoms with Gasteiger partial charge in [0.2, 0.25) is 0 Å². The molecule has 0 saturated carbocycles. The van der Waals surface area contributed by atoms with Gasteiger partial charge < -0.3 is 14.8 Å². The Morgan fingerprint density at radius 2 is 1.77 bits per heavy atom. The number of nitrogens with one attached hydrogen (secondary N) is 1. The summed E-state index contributed by atoms with van der Waals surface area (Å²) in [7, 11) is 0. The van der Waals surface area contributed by atoms with Gasteiger partial charge in [0.1, 0.15) is 17.7 Å². The number of anilines is 2. The second-order valence-electron chi connectivity index (χ2n) is 6.11. The van der Waals surface area contributed by atoms with E-state index in [0.29, 0.717) is 10.6 Å². The molecule has 0 amide bonds. The maximum Gasteiger partial charge on any atom is 0.124 e. The number of rotatable bonds is 3. The van der Waals surface area contributed by atoms with E-state index in [4.69, 9.17) is 11.6 Å². The van der Waals surface area contributed by atoms with Gasteiger partial charge in [-0.3, -0.25) is 0 Å². The van der Waals surface area contributed by atoms with Crippen molar-refractivity contribution in [2.24, 2.45) is 0 Å². The summed E-state index contributed by atoms with van der Waals surface area (Å²) in [6, 6.07) is 12.6. The lowest BCUT2D eigenvalue weighted by Gasteiger charge is -2.36. The maximum atomic E-state index is 13.1. The van der Waals surface area contributed by atoms with Crippen LogP contribution in [0.5, 0.6) is 0 Å². The number of hydrogen-bond acceptors (Lipinski definition) is 4. The van der Waals surface area contributed by atoms with Crippen molar-refractivity contribution in [3.63, 3.8) is 0 Å². The number of aromatic nitrogens is 1. The lowest BCUT2D eigenvalue weighted by molar-refractivity contribution is 0.624. The van der Waals surface area contributed by atoms with Crippen LogP contribution in [0.25, 0.3) is 10.6 Å². The quantitative estimate of drug-likeness (QED) is 0.707. The summed E-state index contributed by atoms with van der Waals surface area (Å²) in [5.41, 5.74) is 2.52. The molecule has 2 aromatic heterocycles. The van der Waals surface area contributed by atoms with E-state index < -0.39 is 0 Å². The van der Waals surface area contributed by atoms with Gasteiger partial charge in [-0.25, -0.2) is 4.39 Å². The largest absolute Gasteiger partial charge is 0.368 e. The zero-order valence-corrected chi connectivity index (χ0v) is 15.4. The van der Waals surface area contributed by atoms with Gasteiger partial charge in [0.15, 0.2) is 0 Å². The second-order valence-corrected chi connectivity index (χ2v) is 7.43. The van der Waals surface area contributed by atoms with Crippen molar-refractivity contribution in [1.82, 2.24) is 4.98 Å². The van der Waals surface area contributed by atoms with Crippen molar-refractivity contribution in [3.05, 3.63) is 58.2 Å². The molecule has 3 heterocycles. The molecule has 1 N–H and O–H groups in total. The predicted molar refractivity (Wildman–Crippen MR) is 105 cm³/mol. The third kappa shape index (κ3) is 3.16. The number of aromatic amines is 1. The fraction of sp³-hybridized carbons (Fsp3) is 0.211. The van der Waals surface area contributed by atoms with Crippen LogP contribution < -0.4 is 9.80 Å². The van der Waals surface area contributed by atoms with Gasteiger partial charge in [-0.1, -0.05) is 11.6 Å². The topological polar surface area (TPSA) is 46.1 Å². The van der Waals surface area contributed by atoms with Gasteiger partial charge in [0, 0.05) is 31.9 Å². The standard InChI is InChI=1S/C19H16ClFN4S/c20-16-5-10-26-18(16)17-11-13(12-22)19(23-17)25-8-6-24(7-9-25)15-3-1-14(21)2-4-15/h1-5,10-11,23H,6-9H2. The molecule has 4 rings (SSSR count). The van der Waals surface area contributed by atoms with E-state index in [2.05, 4.69) is 20.9 Å². The average molecular weight is 387 g/mol. The Labute approximate surface area is 160 Å². The number of piperazine rings is 1. The molecule has 4 nitrogen and oxygen atoms in total. The Morgan fingerprint density at radius 3 is 2.38 bits per heavy atom. The van der Waals surface area contributed by atoms with E-state index in [9.17, 15) is 9.65 Å². The smallest absolute Gasteiger partial charge is 0.124 e. The van der Waals surface area contributed by atoms with Gasteiger partial charge in [-0.15, -0.1) is 11.3 Å². The number of nitriles is 1. The fourth-order valence-corrected chi connectivity index (χ4v) is 4.36. The first-order chi connectivity index (χ1) is 12.7. The number of halogens is 2.